The normalized spacial score (nSPS) is 26.1. The number of carbonyl (C=O) groups excluding carboxylic acids is 1. The highest BCUT2D eigenvalue weighted by Gasteiger charge is 2.52. The van der Waals surface area contributed by atoms with E-state index in [1.165, 1.54) is 25.0 Å². The van der Waals surface area contributed by atoms with Crippen LogP contribution in [0.5, 0.6) is 0 Å². The van der Waals surface area contributed by atoms with E-state index in [4.69, 9.17) is 21.1 Å². The van der Waals surface area contributed by atoms with Crippen molar-refractivity contribution in [3.05, 3.63) is 11.5 Å². The summed E-state index contributed by atoms with van der Waals surface area (Å²) in [6.07, 6.45) is -0.828. The summed E-state index contributed by atoms with van der Waals surface area (Å²) in [5.41, 5.74) is 0.236. The first kappa shape index (κ1) is 29.1. The van der Waals surface area contributed by atoms with Crippen molar-refractivity contribution >= 4 is 42.0 Å². The lowest BCUT2D eigenvalue weighted by Crippen LogP contribution is -2.45. The van der Waals surface area contributed by atoms with Crippen molar-refractivity contribution < 1.29 is 43.9 Å². The third kappa shape index (κ3) is 5.67. The molecule has 17 heteroatoms. The molecule has 1 aliphatic heterocycles. The van der Waals surface area contributed by atoms with Gasteiger partial charge in [0.25, 0.3) is 0 Å². The lowest BCUT2D eigenvalue weighted by molar-refractivity contribution is -0.141. The number of aliphatic hydroxyl groups is 3. The second-order valence-electron chi connectivity index (χ2n) is 9.76. The number of aromatic nitrogens is 4. The smallest absolute Gasteiger partial charge is 0.360 e. The molecule has 0 aromatic carbocycles. The molecule has 1 aliphatic carbocycles. The monoisotopic (exact) mass is 578 g/mol. The molecule has 38 heavy (non-hydrogen) atoms. The van der Waals surface area contributed by atoms with Crippen molar-refractivity contribution in [2.24, 2.45) is 0 Å². The van der Waals surface area contributed by atoms with Crippen LogP contribution in [0, 0.1) is 0 Å². The lowest BCUT2D eigenvalue weighted by Gasteiger charge is -2.33. The number of fused-ring (bicyclic) bond motifs is 1. The van der Waals surface area contributed by atoms with E-state index in [0.29, 0.717) is 11.2 Å². The van der Waals surface area contributed by atoms with Crippen LogP contribution in [0.25, 0.3) is 11.0 Å². The van der Waals surface area contributed by atoms with Crippen LogP contribution in [0.4, 0.5) is 5.82 Å². The Kier molecular flexibility index (Phi) is 8.62. The molecule has 1 amide bonds. The summed E-state index contributed by atoms with van der Waals surface area (Å²) >= 11 is 6.16. The number of amides is 1. The van der Waals surface area contributed by atoms with E-state index >= 15 is 0 Å². The molecule has 2 aliphatic rings. The van der Waals surface area contributed by atoms with Crippen LogP contribution in [0.2, 0.25) is 5.28 Å². The van der Waals surface area contributed by atoms with Gasteiger partial charge in [-0.05, 0) is 24.4 Å². The van der Waals surface area contributed by atoms with Crippen LogP contribution in [-0.2, 0) is 18.8 Å². The highest BCUT2D eigenvalue weighted by molar-refractivity contribution is 7.53. The standard InChI is InChI=1S/C21H32ClN6O9P/c1-27(2)14(30)7-21(10-29,38(33,34)35)36-9-13-15(31)16(32)19(37-13)28-18-12(8-23-28)17(25-20(22)26-18)24-11-5-3-4-6-11/h8,11,13,15-16,19,29,31-32H,3-7,9-10H2,1-2H3,(H,24,25,26)(H2,33,34,35)/t13-,15-,16-,19-,21?/m1/s1. The van der Waals surface area contributed by atoms with Crippen molar-refractivity contribution in [3.63, 3.8) is 0 Å². The molecule has 1 unspecified atom stereocenters. The molecule has 0 spiro atoms. The molecule has 1 saturated heterocycles. The van der Waals surface area contributed by atoms with E-state index in [-0.39, 0.29) is 17.0 Å². The van der Waals surface area contributed by atoms with Crippen molar-refractivity contribution in [2.75, 3.05) is 32.6 Å². The Labute approximate surface area is 222 Å². The van der Waals surface area contributed by atoms with E-state index in [2.05, 4.69) is 20.4 Å². The number of anilines is 1. The van der Waals surface area contributed by atoms with Gasteiger partial charge in [0.05, 0.1) is 31.2 Å². The Hall–Kier alpha value is -1.94. The molecule has 15 nitrogen and oxygen atoms in total. The number of aliphatic hydroxyl groups excluding tert-OH is 3. The highest BCUT2D eigenvalue weighted by Crippen LogP contribution is 2.53. The van der Waals surface area contributed by atoms with E-state index in [1.54, 1.807) is 0 Å². The quantitative estimate of drug-likeness (QED) is 0.160. The third-order valence-corrected chi connectivity index (χ3v) is 8.58. The van der Waals surface area contributed by atoms with Crippen molar-refractivity contribution in [1.29, 1.82) is 0 Å². The first-order valence-corrected chi connectivity index (χ1v) is 14.1. The van der Waals surface area contributed by atoms with E-state index in [9.17, 15) is 34.5 Å². The Balaban J connectivity index is 1.55. The summed E-state index contributed by atoms with van der Waals surface area (Å²) < 4.78 is 24.6. The molecule has 212 valence electrons. The Morgan fingerprint density at radius 1 is 1.29 bits per heavy atom. The van der Waals surface area contributed by atoms with Crippen LogP contribution in [0.15, 0.2) is 6.20 Å². The molecule has 3 heterocycles. The van der Waals surface area contributed by atoms with Crippen LogP contribution >= 0.6 is 19.2 Å². The number of rotatable bonds is 10. The fraction of sp³-hybridized carbons (Fsp3) is 0.714. The number of nitrogens with zero attached hydrogens (tertiary/aromatic N) is 5. The number of hydrogen-bond acceptors (Lipinski definition) is 11. The summed E-state index contributed by atoms with van der Waals surface area (Å²) in [4.78, 5) is 41.5. The molecule has 2 aromatic heterocycles. The van der Waals surface area contributed by atoms with E-state index in [0.717, 1.165) is 30.6 Å². The molecule has 4 rings (SSSR count). The SMILES string of the molecule is CN(C)C(=O)CC(CO)(OC[C@H]1O[C@@H](n2ncc3c(NC4CCCC4)nc(Cl)nc32)[C@H](O)[C@@H]1O)P(=O)(O)O. The molecule has 2 aromatic rings. The second-order valence-corrected chi connectivity index (χ2v) is 12.0. The molecule has 0 radical (unpaired) electrons. The lowest BCUT2D eigenvalue weighted by atomic mass is 10.1. The molecule has 2 fully saturated rings. The van der Waals surface area contributed by atoms with Crippen LogP contribution in [0.1, 0.15) is 38.3 Å². The van der Waals surface area contributed by atoms with Gasteiger partial charge in [-0.25, -0.2) is 4.68 Å². The molecule has 6 N–H and O–H groups in total. The summed E-state index contributed by atoms with van der Waals surface area (Å²) in [5.74, 6) is -0.222. The Morgan fingerprint density at radius 2 is 1.97 bits per heavy atom. The van der Waals surface area contributed by atoms with Gasteiger partial charge in [0.15, 0.2) is 11.9 Å². The predicted molar refractivity (Wildman–Crippen MR) is 133 cm³/mol. The number of nitrogens with one attached hydrogen (secondary N) is 1. The Morgan fingerprint density at radius 3 is 2.58 bits per heavy atom. The minimum atomic E-state index is -5.19. The average Bonchev–Trinajstić information content (AvgIpc) is 3.57. The van der Waals surface area contributed by atoms with Gasteiger partial charge in [-0.15, -0.1) is 0 Å². The van der Waals surface area contributed by atoms with Gasteiger partial charge in [0.1, 0.15) is 24.1 Å². The van der Waals surface area contributed by atoms with Crippen LogP contribution in [-0.4, -0.2) is 113 Å². The first-order valence-electron chi connectivity index (χ1n) is 12.1. The minimum Gasteiger partial charge on any atom is -0.393 e. The summed E-state index contributed by atoms with van der Waals surface area (Å²) in [6, 6.07) is 0.226. The van der Waals surface area contributed by atoms with Crippen LogP contribution < -0.4 is 5.32 Å². The van der Waals surface area contributed by atoms with Gasteiger partial charge < -0.3 is 44.8 Å². The molecular formula is C21H32ClN6O9P. The van der Waals surface area contributed by atoms with Crippen molar-refractivity contribution in [1.82, 2.24) is 24.6 Å². The topological polar surface area (TPSA) is 213 Å². The molecule has 0 bridgehead atoms. The fourth-order valence-electron chi connectivity index (χ4n) is 4.59. The number of hydrogen-bond donors (Lipinski definition) is 6. The average molecular weight is 579 g/mol. The van der Waals surface area contributed by atoms with Gasteiger partial charge in [-0.3, -0.25) is 9.36 Å². The predicted octanol–water partition coefficient (Wildman–Crippen LogP) is -0.185. The van der Waals surface area contributed by atoms with Gasteiger partial charge >= 0.3 is 7.60 Å². The maximum Gasteiger partial charge on any atom is 0.360 e. The highest BCUT2D eigenvalue weighted by atomic mass is 35.5. The minimum absolute atomic E-state index is 0.0624. The van der Waals surface area contributed by atoms with Gasteiger partial charge in [0.2, 0.25) is 16.5 Å². The summed E-state index contributed by atoms with van der Waals surface area (Å²) in [6.45, 7) is -1.84. The first-order chi connectivity index (χ1) is 17.9. The zero-order valence-electron chi connectivity index (χ0n) is 20.8. The maximum absolute atomic E-state index is 12.2. The van der Waals surface area contributed by atoms with Gasteiger partial charge in [0, 0.05) is 20.1 Å². The van der Waals surface area contributed by atoms with Crippen molar-refractivity contribution in [2.45, 2.75) is 68.0 Å². The zero-order valence-corrected chi connectivity index (χ0v) is 22.5. The van der Waals surface area contributed by atoms with Crippen LogP contribution in [0.3, 0.4) is 0 Å². The number of ether oxygens (including phenoxy) is 2. The Bertz CT molecular complexity index is 1210. The van der Waals surface area contributed by atoms with E-state index < -0.39 is 63.0 Å². The molecule has 1 saturated carbocycles. The maximum atomic E-state index is 12.2. The second kappa shape index (κ2) is 11.3. The van der Waals surface area contributed by atoms with Gasteiger partial charge in [-0.2, -0.15) is 15.1 Å². The molecular weight excluding hydrogens is 547 g/mol. The van der Waals surface area contributed by atoms with Crippen molar-refractivity contribution in [3.8, 4) is 0 Å². The number of halogens is 1. The largest absolute Gasteiger partial charge is 0.393 e. The summed E-state index contributed by atoms with van der Waals surface area (Å²) in [7, 11) is -2.42. The third-order valence-electron chi connectivity index (χ3n) is 6.92. The number of carbonyl (C=O) groups is 1. The molecule has 5 atom stereocenters. The van der Waals surface area contributed by atoms with E-state index in [1.807, 2.05) is 0 Å². The summed E-state index contributed by atoms with van der Waals surface area (Å²) in [5, 5.41) is 36.7. The fourth-order valence-corrected chi connectivity index (χ4v) is 5.52. The van der Waals surface area contributed by atoms with Gasteiger partial charge in [-0.1, -0.05) is 12.8 Å². The zero-order chi connectivity index (χ0) is 27.8.